The van der Waals surface area contributed by atoms with E-state index in [2.05, 4.69) is 136 Å². The van der Waals surface area contributed by atoms with Crippen LogP contribution in [0.3, 0.4) is 0 Å². The van der Waals surface area contributed by atoms with Crippen LogP contribution in [0.5, 0.6) is 0 Å². The molecule has 0 aliphatic carbocycles. The fraction of sp³-hybridized carbons (Fsp3) is 0.591. The van der Waals surface area contributed by atoms with Gasteiger partial charge >= 0.3 is 0 Å². The molecule has 1 saturated heterocycles. The summed E-state index contributed by atoms with van der Waals surface area (Å²) in [5, 5.41) is 3.74. The van der Waals surface area contributed by atoms with Crippen LogP contribution >= 0.6 is 0 Å². The van der Waals surface area contributed by atoms with Crippen LogP contribution in [0.4, 0.5) is 0 Å². The molecule has 1 fully saturated rings. The van der Waals surface area contributed by atoms with Crippen LogP contribution in [0.15, 0.2) is 84.8 Å². The second-order valence-electron chi connectivity index (χ2n) is 15.2. The summed E-state index contributed by atoms with van der Waals surface area (Å²) in [6.45, 7) is 41.4. The molecule has 46 heavy (non-hydrogen) atoms. The van der Waals surface area contributed by atoms with Crippen molar-refractivity contribution >= 4 is 0 Å². The van der Waals surface area contributed by atoms with E-state index in [-0.39, 0.29) is 0 Å². The van der Waals surface area contributed by atoms with Crippen LogP contribution in [-0.4, -0.2) is 23.5 Å². The highest BCUT2D eigenvalue weighted by atomic mass is 15.2. The van der Waals surface area contributed by atoms with E-state index >= 15 is 0 Å². The van der Waals surface area contributed by atoms with Gasteiger partial charge in [0.05, 0.1) is 0 Å². The predicted octanol–water partition coefficient (Wildman–Crippen LogP) is 12.0. The van der Waals surface area contributed by atoms with Gasteiger partial charge in [0.15, 0.2) is 0 Å². The summed E-state index contributed by atoms with van der Waals surface area (Å²) in [6.07, 6.45) is 16.8. The van der Waals surface area contributed by atoms with Crippen molar-refractivity contribution in [3.8, 4) is 0 Å². The second-order valence-corrected chi connectivity index (χ2v) is 15.2. The standard InChI is InChI=1S/C44H70N2/c1-15-19-37(12)46(39(14)31(5)6)29-43(34(9)22-30(3)4)25-35(10)42-26-36(11)45-44(28-42)21-18-17-20-32(7)23-40-24-33(8)38(13)41(16-2)27-40/h17-18,20,24,27,34-35,39,42-45H,3,5,11-12,15-16,19,21-23,25-26,28-29H2,1-2,4,6-10,13-14H3/b18-17+,32-20+. The largest absolute Gasteiger partial charge is 0.386 e. The van der Waals surface area contributed by atoms with Crippen molar-refractivity contribution in [2.24, 2.45) is 23.7 Å². The highest BCUT2D eigenvalue weighted by molar-refractivity contribution is 5.39. The lowest BCUT2D eigenvalue weighted by Crippen LogP contribution is -2.41. The molecule has 1 aromatic carbocycles. The molecule has 0 aromatic heterocycles. The number of aryl methyl sites for hydroxylation is 2. The van der Waals surface area contributed by atoms with Gasteiger partial charge in [-0.05, 0) is 139 Å². The Morgan fingerprint density at radius 3 is 2.37 bits per heavy atom. The molecule has 1 aromatic rings. The van der Waals surface area contributed by atoms with Gasteiger partial charge in [0.25, 0.3) is 0 Å². The molecular weight excluding hydrogens is 556 g/mol. The van der Waals surface area contributed by atoms with E-state index in [1.165, 1.54) is 63.2 Å². The number of rotatable bonds is 19. The molecule has 1 N–H and O–H groups in total. The third-order valence-electron chi connectivity index (χ3n) is 10.7. The molecule has 2 rings (SSSR count). The highest BCUT2D eigenvalue weighted by Gasteiger charge is 2.31. The Kier molecular flexibility index (Phi) is 16.4. The molecule has 6 unspecified atom stereocenters. The molecule has 1 heterocycles. The van der Waals surface area contributed by atoms with Gasteiger partial charge in [-0.15, -0.1) is 6.58 Å². The Labute approximate surface area is 285 Å². The smallest absolute Gasteiger partial charge is 0.0465 e. The molecule has 2 heteroatoms. The molecule has 256 valence electrons. The van der Waals surface area contributed by atoms with Crippen molar-refractivity contribution in [3.63, 3.8) is 0 Å². The number of nitrogens with zero attached hydrogens (tertiary/aromatic N) is 1. The Morgan fingerprint density at radius 1 is 1.07 bits per heavy atom. The Balaban J connectivity index is 2.10. The molecule has 2 nitrogen and oxygen atoms in total. The lowest BCUT2D eigenvalue weighted by Gasteiger charge is -2.41. The number of hydrogen-bond donors (Lipinski definition) is 1. The predicted molar refractivity (Wildman–Crippen MR) is 206 cm³/mol. The number of allylic oxidation sites excluding steroid dienone is 6. The maximum absolute atomic E-state index is 4.53. The number of nitrogens with one attached hydrogen (secondary N) is 1. The van der Waals surface area contributed by atoms with Gasteiger partial charge in [-0.1, -0.05) is 101 Å². The van der Waals surface area contributed by atoms with E-state index in [0.717, 1.165) is 51.5 Å². The third kappa shape index (κ3) is 12.5. The van der Waals surface area contributed by atoms with Gasteiger partial charge in [0, 0.05) is 30.0 Å². The van der Waals surface area contributed by atoms with Crippen molar-refractivity contribution < 1.29 is 0 Å². The summed E-state index contributed by atoms with van der Waals surface area (Å²) in [6, 6.07) is 5.50. The fourth-order valence-corrected chi connectivity index (χ4v) is 7.48. The van der Waals surface area contributed by atoms with Gasteiger partial charge in [-0.2, -0.15) is 0 Å². The van der Waals surface area contributed by atoms with Gasteiger partial charge in [0.2, 0.25) is 0 Å². The zero-order valence-corrected chi connectivity index (χ0v) is 31.7. The first kappa shape index (κ1) is 39.4. The normalized spacial score (nSPS) is 19.8. The van der Waals surface area contributed by atoms with Crippen molar-refractivity contribution in [1.82, 2.24) is 10.2 Å². The lowest BCUT2D eigenvalue weighted by molar-refractivity contribution is 0.151. The summed E-state index contributed by atoms with van der Waals surface area (Å²) in [5.74, 6) is 2.41. The first-order valence-corrected chi connectivity index (χ1v) is 18.3. The molecule has 0 bridgehead atoms. The molecule has 0 saturated carbocycles. The summed E-state index contributed by atoms with van der Waals surface area (Å²) >= 11 is 0. The molecule has 0 radical (unpaired) electrons. The average Bonchev–Trinajstić information content (AvgIpc) is 2.98. The van der Waals surface area contributed by atoms with Crippen molar-refractivity contribution in [3.05, 3.63) is 107 Å². The minimum absolute atomic E-state index is 0.302. The molecule has 0 amide bonds. The zero-order chi connectivity index (χ0) is 34.6. The molecule has 0 spiro atoms. The second kappa shape index (κ2) is 19.2. The quantitative estimate of drug-likeness (QED) is 0.121. The highest BCUT2D eigenvalue weighted by Crippen LogP contribution is 2.37. The number of benzene rings is 1. The summed E-state index contributed by atoms with van der Waals surface area (Å²) < 4.78 is 0. The van der Waals surface area contributed by atoms with Crippen molar-refractivity contribution in [2.75, 3.05) is 6.54 Å². The Bertz CT molecular complexity index is 1240. The zero-order valence-electron chi connectivity index (χ0n) is 31.7. The van der Waals surface area contributed by atoms with E-state index in [0.29, 0.717) is 35.8 Å². The van der Waals surface area contributed by atoms with Crippen molar-refractivity contribution in [2.45, 2.75) is 139 Å². The lowest BCUT2D eigenvalue weighted by atomic mass is 9.74. The summed E-state index contributed by atoms with van der Waals surface area (Å²) in [5.41, 5.74) is 12.1. The Hall–Kier alpha value is -2.74. The topological polar surface area (TPSA) is 15.3 Å². The van der Waals surface area contributed by atoms with E-state index in [1.807, 2.05) is 0 Å². The van der Waals surface area contributed by atoms with Gasteiger partial charge in [-0.3, -0.25) is 0 Å². The van der Waals surface area contributed by atoms with E-state index in [9.17, 15) is 0 Å². The van der Waals surface area contributed by atoms with Crippen LogP contribution in [0.2, 0.25) is 0 Å². The first-order chi connectivity index (χ1) is 21.7. The summed E-state index contributed by atoms with van der Waals surface area (Å²) in [7, 11) is 0. The molecule has 1 aliphatic rings. The fourth-order valence-electron chi connectivity index (χ4n) is 7.48. The van der Waals surface area contributed by atoms with Crippen LogP contribution in [0, 0.1) is 37.5 Å². The number of hydrogen-bond acceptors (Lipinski definition) is 2. The molecule has 6 atom stereocenters. The first-order valence-electron chi connectivity index (χ1n) is 18.3. The van der Waals surface area contributed by atoms with E-state index in [4.69, 9.17) is 0 Å². The van der Waals surface area contributed by atoms with Crippen molar-refractivity contribution in [1.29, 1.82) is 0 Å². The molecule has 1 aliphatic heterocycles. The molecular formula is C44H70N2. The van der Waals surface area contributed by atoms with Crippen LogP contribution in [0.1, 0.15) is 123 Å². The SMILES string of the molecule is C=C(C)CC(C)C(CC(C)C1CC(=C)NC(C/C=C/C=C(\C)Cc2cc(C)c(C)c(CC)c2)C1)CN(C(=C)CCC)C(C)C(=C)C. The maximum atomic E-state index is 4.53. The van der Waals surface area contributed by atoms with Gasteiger partial charge in [0.1, 0.15) is 0 Å². The van der Waals surface area contributed by atoms with Gasteiger partial charge in [-0.25, -0.2) is 0 Å². The minimum Gasteiger partial charge on any atom is -0.386 e. The van der Waals surface area contributed by atoms with Crippen LogP contribution in [-0.2, 0) is 12.8 Å². The van der Waals surface area contributed by atoms with Gasteiger partial charge < -0.3 is 10.2 Å². The summed E-state index contributed by atoms with van der Waals surface area (Å²) in [4.78, 5) is 2.56. The number of piperidine rings is 1. The van der Waals surface area contributed by atoms with Crippen LogP contribution in [0.25, 0.3) is 0 Å². The van der Waals surface area contributed by atoms with E-state index < -0.39 is 0 Å². The average molecular weight is 627 g/mol. The Morgan fingerprint density at radius 2 is 1.76 bits per heavy atom. The third-order valence-corrected chi connectivity index (χ3v) is 10.7. The minimum atomic E-state index is 0.302. The maximum Gasteiger partial charge on any atom is 0.0465 e. The monoisotopic (exact) mass is 627 g/mol. The van der Waals surface area contributed by atoms with Crippen LogP contribution < -0.4 is 5.32 Å². The van der Waals surface area contributed by atoms with E-state index in [1.54, 1.807) is 0 Å².